The molecule has 0 N–H and O–H groups in total. The summed E-state index contributed by atoms with van der Waals surface area (Å²) in [5.74, 6) is -0.345. The van der Waals surface area contributed by atoms with Crippen molar-refractivity contribution in [2.24, 2.45) is 0 Å². The van der Waals surface area contributed by atoms with Gasteiger partial charge in [0.1, 0.15) is 30.5 Å². The summed E-state index contributed by atoms with van der Waals surface area (Å²) in [6, 6.07) is 110. The zero-order valence-electron chi connectivity index (χ0n) is 73.9. The third kappa shape index (κ3) is 14.3. The SMILES string of the molecule is [C-]#[N+]/C(C#N)=C1\c2cc(C)ccc2-c2cc3c(cc21)/C(=C(/C#N)[N+]#[C-])c1cc(OC(F)(F)F)ccc1-3.[C-]#[N+]C([N+]#[C-])=C1c2cc(C)ccc2-c2c1c1c(c3c2/C(=C(/C#N)[N+]#[C-])c2cc(OC(F)(F)F)ccc2-3)/C(=C(\C#N)[N+]#[C-])c2cc(C)ccc2-1.c1ccc(-n2c(-c3ccc(-c4ccc5c(-c6ccc7ccccc7c6)c6ccccc6c(-c6ccc7ccccc7c6)c5c4)cc3)nc3ccccc32)cc1. The number of rotatable bonds is 7. The van der Waals surface area contributed by atoms with Gasteiger partial charge in [-0.15, -0.1) is 26.3 Å². The smallest absolute Gasteiger partial charge is 0.406 e. The number of halogens is 6. The lowest BCUT2D eigenvalue weighted by Crippen LogP contribution is -2.17. The number of hydrogen-bond donors (Lipinski definition) is 0. The highest BCUT2D eigenvalue weighted by Crippen LogP contribution is 2.66. The van der Waals surface area contributed by atoms with Gasteiger partial charge in [0.25, 0.3) is 22.8 Å². The zero-order chi connectivity index (χ0) is 97.0. The van der Waals surface area contributed by atoms with Gasteiger partial charge in [-0.05, 0) is 287 Å². The minimum absolute atomic E-state index is 0.0435. The maximum atomic E-state index is 13.4. The van der Waals surface area contributed by atoms with E-state index in [4.69, 9.17) is 44.4 Å². The van der Waals surface area contributed by atoms with E-state index in [2.05, 4.69) is 249 Å². The fourth-order valence-electron chi connectivity index (χ4n) is 20.5. The number of aromatic nitrogens is 2. The molecule has 14 nitrogen and oxygen atoms in total. The Labute approximate surface area is 797 Å². The van der Waals surface area contributed by atoms with E-state index in [0.717, 1.165) is 79.2 Å². The van der Waals surface area contributed by atoms with E-state index in [-0.39, 0.29) is 50.8 Å². The normalized spacial score (nSPS) is 13.6. The fraction of sp³-hybridized carbons (Fsp3) is 0.0417. The van der Waals surface area contributed by atoms with Crippen molar-refractivity contribution in [1.29, 1.82) is 21.0 Å². The Balaban J connectivity index is 0.000000128. The minimum Gasteiger partial charge on any atom is -0.406 e. The van der Waals surface area contributed by atoms with E-state index in [0.29, 0.717) is 94.6 Å². The number of hydrogen-bond acceptors (Lipinski definition) is 7. The summed E-state index contributed by atoms with van der Waals surface area (Å²) in [6.07, 6.45) is -9.93. The number of imidazole rings is 1. The molecule has 0 fully saturated rings. The van der Waals surface area contributed by atoms with Gasteiger partial charge in [-0.2, -0.15) is 9.69 Å². The molecule has 0 atom stereocenters. The van der Waals surface area contributed by atoms with Crippen LogP contribution in [0, 0.1) is 106 Å². The van der Waals surface area contributed by atoms with Crippen LogP contribution in [0.4, 0.5) is 26.3 Å². The lowest BCUT2D eigenvalue weighted by Gasteiger charge is -2.19. The van der Waals surface area contributed by atoms with Crippen LogP contribution in [0.3, 0.4) is 0 Å². The average molecular weight is 1820 g/mol. The highest BCUT2D eigenvalue weighted by molar-refractivity contribution is 6.26. The number of benzene rings is 17. The third-order valence-corrected chi connectivity index (χ3v) is 26.1. The molecule has 0 radical (unpaired) electrons. The second-order valence-electron chi connectivity index (χ2n) is 33.9. The minimum atomic E-state index is -5.02. The van der Waals surface area contributed by atoms with Crippen molar-refractivity contribution < 1.29 is 35.8 Å². The van der Waals surface area contributed by atoms with Crippen molar-refractivity contribution >= 4 is 82.0 Å². The number of fused-ring (bicyclic) bond motifs is 23. The molecule has 140 heavy (non-hydrogen) atoms. The van der Waals surface area contributed by atoms with Crippen LogP contribution in [0.1, 0.15) is 72.3 Å². The summed E-state index contributed by atoms with van der Waals surface area (Å²) >= 11 is 0. The highest BCUT2D eigenvalue weighted by Gasteiger charge is 2.47. The molecule has 1 heterocycles. The molecule has 17 aromatic carbocycles. The predicted molar refractivity (Wildman–Crippen MR) is 533 cm³/mol. The third-order valence-electron chi connectivity index (χ3n) is 26.1. The van der Waals surface area contributed by atoms with Crippen LogP contribution < -0.4 is 9.47 Å². The van der Waals surface area contributed by atoms with Crippen LogP contribution in [-0.4, -0.2) is 22.3 Å². The summed E-state index contributed by atoms with van der Waals surface area (Å²) in [5.41, 5.74) is 24.5. The maximum Gasteiger partial charge on any atom is 0.573 e. The number of nitriles is 4. The molecular formula is C120H60F6N12O2. The summed E-state index contributed by atoms with van der Waals surface area (Å²) in [4.78, 5) is 26.1. The van der Waals surface area contributed by atoms with Gasteiger partial charge >= 0.3 is 18.5 Å². The van der Waals surface area contributed by atoms with Crippen LogP contribution in [0.25, 0.3) is 217 Å². The van der Waals surface area contributed by atoms with Crippen LogP contribution >= 0.6 is 0 Å². The molecule has 18 aromatic rings. The van der Waals surface area contributed by atoms with Crippen molar-refractivity contribution in [2.75, 3.05) is 0 Å². The standard InChI is InChI=1S/C53H34N2.C39H15F3N6O.C28H11F3N4O/c1-2-16-44(17-3-1)55-50-21-11-10-20-49(50)54-53(55)38-26-22-37(23-27-38)41-30-31-47-48(34-41)52(43-29-25-36-13-5-7-15-40(36)33-43)46-19-9-8-18-45(46)51(47)42-28-24-35-12-4-6-14-39(35)32-42;1-18-7-10-21-24(13-18)29(27(16-43)45-3)35-31-23-12-9-20(49-39(40,41)42)15-26(23)30(28(17-44)46-4)36(31)33-22-11-8-19(2)14-25(22)34(37(33)32(21)35)38(47-5)48-6;1-14-4-6-16-18-10-19-17-7-5-15(36-28(29,30)31)9-21(17)27(25(13-33)35-3)23(19)11-22(18)26(20(16)8-14)24(12-32)34-2/h1-34H;7-15H,1-2H3;4-11H,1H3/b;29-27+,30-28-;26-24+,27-25-. The van der Waals surface area contributed by atoms with E-state index in [1.54, 1.807) is 6.07 Å². The van der Waals surface area contributed by atoms with Crippen molar-refractivity contribution in [1.82, 2.24) is 9.55 Å². The molecule has 0 spiro atoms. The van der Waals surface area contributed by atoms with E-state index in [9.17, 15) is 47.4 Å². The van der Waals surface area contributed by atoms with Crippen molar-refractivity contribution in [3.05, 3.63) is 479 Å². The Morgan fingerprint density at radius 2 is 0.650 bits per heavy atom. The first-order valence-electron chi connectivity index (χ1n) is 43.7. The number of nitrogens with zero attached hydrogens (tertiary/aromatic N) is 12. The van der Waals surface area contributed by atoms with Crippen LogP contribution in [-0.2, 0) is 0 Å². The highest BCUT2D eigenvalue weighted by atomic mass is 19.4. The first kappa shape index (κ1) is 86.7. The fourth-order valence-corrected chi connectivity index (χ4v) is 20.5. The molecular weight excluding hydrogens is 1760 g/mol. The van der Waals surface area contributed by atoms with E-state index < -0.39 is 29.9 Å². The van der Waals surface area contributed by atoms with Crippen LogP contribution in [0.2, 0.25) is 0 Å². The quantitative estimate of drug-likeness (QED) is 0.0665. The van der Waals surface area contributed by atoms with Gasteiger partial charge in [0, 0.05) is 33.5 Å². The van der Waals surface area contributed by atoms with Gasteiger partial charge in [-0.3, -0.25) is 4.57 Å². The zero-order valence-corrected chi connectivity index (χ0v) is 73.9. The van der Waals surface area contributed by atoms with Gasteiger partial charge in [-0.1, -0.05) is 247 Å². The first-order chi connectivity index (χ1) is 68.0. The Bertz CT molecular complexity index is 9230. The van der Waals surface area contributed by atoms with Crippen molar-refractivity contribution in [3.8, 4) is 142 Å². The first-order valence-corrected chi connectivity index (χ1v) is 43.7. The Hall–Kier alpha value is -20.0. The summed E-state index contributed by atoms with van der Waals surface area (Å²) < 4.78 is 89.5. The van der Waals surface area contributed by atoms with Crippen molar-refractivity contribution in [3.63, 3.8) is 0 Å². The molecule has 0 bridgehead atoms. The van der Waals surface area contributed by atoms with Crippen molar-refractivity contribution in [2.45, 2.75) is 33.5 Å². The number of para-hydroxylation sites is 3. The van der Waals surface area contributed by atoms with Gasteiger partial charge < -0.3 is 9.47 Å². The van der Waals surface area contributed by atoms with E-state index >= 15 is 0 Å². The molecule has 5 aliphatic carbocycles. The molecule has 0 saturated carbocycles. The number of alkyl halides is 6. The number of allylic oxidation sites excluding steroid dienone is 4. The van der Waals surface area contributed by atoms with Gasteiger partial charge in [0.15, 0.2) is 0 Å². The summed E-state index contributed by atoms with van der Waals surface area (Å²) in [7, 11) is 0. The van der Waals surface area contributed by atoms with E-state index in [1.165, 1.54) is 95.2 Å². The molecule has 1 aromatic heterocycles. The molecule has 0 amide bonds. The van der Waals surface area contributed by atoms with Gasteiger partial charge in [-0.25, -0.2) is 45.4 Å². The predicted octanol–water partition coefficient (Wildman–Crippen LogP) is 31.7. The second kappa shape index (κ2) is 33.9. The lowest BCUT2D eigenvalue weighted by molar-refractivity contribution is -0.275. The molecule has 5 aliphatic rings. The topological polar surface area (TPSA) is 158 Å². The lowest BCUT2D eigenvalue weighted by atomic mass is 9.83. The Kier molecular flexibility index (Phi) is 21.0. The van der Waals surface area contributed by atoms with E-state index in [1.807, 2.05) is 106 Å². The van der Waals surface area contributed by atoms with Gasteiger partial charge in [0.2, 0.25) is 0 Å². The largest absolute Gasteiger partial charge is 0.573 e. The molecule has 23 rings (SSSR count). The Morgan fingerprint density at radius 3 is 1.14 bits per heavy atom. The van der Waals surface area contributed by atoms with Crippen LogP contribution in [0.15, 0.2) is 338 Å². The van der Waals surface area contributed by atoms with Gasteiger partial charge in [0.05, 0.1) is 67.2 Å². The maximum absolute atomic E-state index is 13.4. The molecule has 20 heteroatoms. The summed E-state index contributed by atoms with van der Waals surface area (Å²) in [6.45, 7) is 52.5. The summed E-state index contributed by atoms with van der Waals surface area (Å²) in [5, 5.41) is 49.8. The molecule has 0 saturated heterocycles. The molecule has 654 valence electrons. The molecule has 0 unspecified atom stereocenters. The Morgan fingerprint density at radius 1 is 0.286 bits per heavy atom. The monoisotopic (exact) mass is 1810 g/mol. The second-order valence-corrected chi connectivity index (χ2v) is 33.9. The number of ether oxygens (including phenoxy) is 2. The van der Waals surface area contributed by atoms with Crippen LogP contribution in [0.5, 0.6) is 11.5 Å². The molecule has 0 aliphatic heterocycles. The number of aryl methyl sites for hydroxylation is 3. The average Bonchev–Trinajstić information content (AvgIpc) is 1.50.